The molecule has 28 heavy (non-hydrogen) atoms. The summed E-state index contributed by atoms with van der Waals surface area (Å²) in [5, 5.41) is 1.89. The molecular formula is C22H23NO4S. The number of carbonyl (C=O) groups excluding carboxylic acids is 2. The molecule has 1 N–H and O–H groups in total. The Bertz CT molecular complexity index is 894. The van der Waals surface area contributed by atoms with Gasteiger partial charge in [-0.25, -0.2) is 0 Å². The number of hydrogen-bond acceptors (Lipinski definition) is 5. The molecule has 0 aliphatic carbocycles. The van der Waals surface area contributed by atoms with Crippen LogP contribution in [-0.4, -0.2) is 24.4 Å². The van der Waals surface area contributed by atoms with Gasteiger partial charge in [-0.1, -0.05) is 50.2 Å². The van der Waals surface area contributed by atoms with Crippen molar-refractivity contribution in [3.63, 3.8) is 0 Å². The number of carbonyl (C=O) groups is 2. The second-order valence-corrected chi connectivity index (χ2v) is 7.45. The van der Waals surface area contributed by atoms with E-state index in [1.165, 1.54) is 5.56 Å². The Morgan fingerprint density at radius 1 is 1.00 bits per heavy atom. The van der Waals surface area contributed by atoms with Gasteiger partial charge < -0.3 is 9.47 Å². The number of thioether (sulfide) groups is 1. The average Bonchev–Trinajstić information content (AvgIpc) is 3.03. The third kappa shape index (κ3) is 4.95. The minimum absolute atomic E-state index is 0.358. The zero-order valence-electron chi connectivity index (χ0n) is 15.9. The molecule has 146 valence electrons. The van der Waals surface area contributed by atoms with Crippen molar-refractivity contribution >= 4 is 29.0 Å². The third-order valence-electron chi connectivity index (χ3n) is 4.51. The Hall–Kier alpha value is -2.73. The van der Waals surface area contributed by atoms with E-state index in [9.17, 15) is 9.59 Å². The first-order chi connectivity index (χ1) is 13.6. The van der Waals surface area contributed by atoms with Crippen LogP contribution < -0.4 is 14.8 Å². The largest absolute Gasteiger partial charge is 0.490 e. The van der Waals surface area contributed by atoms with Gasteiger partial charge in [-0.05, 0) is 47.9 Å². The summed E-state index contributed by atoms with van der Waals surface area (Å²) in [5.41, 5.74) is 1.94. The second kappa shape index (κ2) is 9.46. The second-order valence-electron chi connectivity index (χ2n) is 6.43. The van der Waals surface area contributed by atoms with Gasteiger partial charge in [0.1, 0.15) is 24.7 Å². The van der Waals surface area contributed by atoms with E-state index in [-0.39, 0.29) is 11.1 Å². The van der Waals surface area contributed by atoms with E-state index in [1.807, 2.05) is 42.5 Å². The fourth-order valence-corrected chi connectivity index (χ4v) is 3.51. The molecule has 0 aromatic heterocycles. The van der Waals surface area contributed by atoms with Crippen molar-refractivity contribution in [3.05, 3.63) is 64.6 Å². The minimum atomic E-state index is -0.380. The zero-order chi connectivity index (χ0) is 19.9. The van der Waals surface area contributed by atoms with Gasteiger partial charge in [-0.3, -0.25) is 14.9 Å². The number of para-hydroxylation sites is 2. The highest BCUT2D eigenvalue weighted by molar-refractivity contribution is 8.18. The average molecular weight is 397 g/mol. The first kappa shape index (κ1) is 20.0. The summed E-state index contributed by atoms with van der Waals surface area (Å²) in [7, 11) is 0. The van der Waals surface area contributed by atoms with Crippen LogP contribution in [0, 0.1) is 0 Å². The predicted molar refractivity (Wildman–Crippen MR) is 112 cm³/mol. The van der Waals surface area contributed by atoms with Gasteiger partial charge in [0, 0.05) is 5.56 Å². The number of amides is 2. The molecule has 1 heterocycles. The molecule has 2 aromatic carbocycles. The smallest absolute Gasteiger partial charge is 0.290 e. The van der Waals surface area contributed by atoms with Crippen LogP contribution >= 0.6 is 11.8 Å². The molecule has 0 saturated carbocycles. The van der Waals surface area contributed by atoms with Crippen LogP contribution in [0.4, 0.5) is 4.79 Å². The van der Waals surface area contributed by atoms with Crippen LogP contribution in [-0.2, 0) is 4.79 Å². The zero-order valence-corrected chi connectivity index (χ0v) is 16.8. The molecule has 5 nitrogen and oxygen atoms in total. The van der Waals surface area contributed by atoms with E-state index < -0.39 is 0 Å². The molecule has 2 amide bonds. The van der Waals surface area contributed by atoms with Crippen LogP contribution in [0.2, 0.25) is 0 Å². The molecule has 3 rings (SSSR count). The first-order valence-corrected chi connectivity index (χ1v) is 10.1. The maximum Gasteiger partial charge on any atom is 0.290 e. The predicted octanol–water partition coefficient (Wildman–Crippen LogP) is 4.98. The molecule has 2 aromatic rings. The summed E-state index contributed by atoms with van der Waals surface area (Å²) >= 11 is 0.890. The van der Waals surface area contributed by atoms with Gasteiger partial charge >= 0.3 is 0 Å². The fourth-order valence-electron chi connectivity index (χ4n) is 2.84. The van der Waals surface area contributed by atoms with Crippen LogP contribution in [0.25, 0.3) is 6.08 Å². The van der Waals surface area contributed by atoms with Crippen LogP contribution in [0.3, 0.4) is 0 Å². The molecular weight excluding hydrogens is 374 g/mol. The highest BCUT2D eigenvalue weighted by Gasteiger charge is 2.25. The van der Waals surface area contributed by atoms with Crippen molar-refractivity contribution in [2.24, 2.45) is 0 Å². The molecule has 6 heteroatoms. The van der Waals surface area contributed by atoms with Crippen LogP contribution in [0.1, 0.15) is 37.3 Å². The molecule has 1 atom stereocenters. The molecule has 0 bridgehead atoms. The number of imide groups is 1. The fraction of sp³-hybridized carbons (Fsp3) is 0.273. The first-order valence-electron chi connectivity index (χ1n) is 9.27. The Labute approximate surface area is 169 Å². The SMILES string of the molecule is CCC(C)c1ccccc1OCCOc1ccccc1C=C1SC(=O)NC1=O. The molecule has 1 fully saturated rings. The van der Waals surface area contributed by atoms with Crippen molar-refractivity contribution in [2.45, 2.75) is 26.2 Å². The summed E-state index contributed by atoms with van der Waals surface area (Å²) in [6.07, 6.45) is 2.71. The molecule has 0 radical (unpaired) electrons. The van der Waals surface area contributed by atoms with E-state index in [4.69, 9.17) is 9.47 Å². The van der Waals surface area contributed by atoms with Crippen molar-refractivity contribution in [3.8, 4) is 11.5 Å². The highest BCUT2D eigenvalue weighted by atomic mass is 32.2. The van der Waals surface area contributed by atoms with Crippen molar-refractivity contribution in [1.29, 1.82) is 0 Å². The summed E-state index contributed by atoms with van der Waals surface area (Å²) in [4.78, 5) is 23.4. The van der Waals surface area contributed by atoms with E-state index in [2.05, 4.69) is 25.2 Å². The Morgan fingerprint density at radius 3 is 2.32 bits per heavy atom. The number of ether oxygens (including phenoxy) is 2. The Balaban J connectivity index is 1.62. The maximum atomic E-state index is 11.7. The summed E-state index contributed by atoms with van der Waals surface area (Å²) < 4.78 is 11.8. The van der Waals surface area contributed by atoms with Crippen LogP contribution in [0.5, 0.6) is 11.5 Å². The lowest BCUT2D eigenvalue weighted by Crippen LogP contribution is -2.17. The van der Waals surface area contributed by atoms with Gasteiger partial charge in [0.2, 0.25) is 0 Å². The topological polar surface area (TPSA) is 64.6 Å². The molecule has 1 saturated heterocycles. The summed E-state index contributed by atoms with van der Waals surface area (Å²) in [6, 6.07) is 15.5. The summed E-state index contributed by atoms with van der Waals surface area (Å²) in [6.45, 7) is 5.12. The number of rotatable bonds is 8. The summed E-state index contributed by atoms with van der Waals surface area (Å²) in [5.74, 6) is 1.58. The number of nitrogens with one attached hydrogen (secondary N) is 1. The van der Waals surface area contributed by atoms with Gasteiger partial charge in [0.05, 0.1) is 4.91 Å². The van der Waals surface area contributed by atoms with Crippen molar-refractivity contribution in [1.82, 2.24) is 5.32 Å². The lowest BCUT2D eigenvalue weighted by atomic mass is 9.98. The van der Waals surface area contributed by atoms with Gasteiger partial charge in [-0.2, -0.15) is 0 Å². The minimum Gasteiger partial charge on any atom is -0.490 e. The van der Waals surface area contributed by atoms with Gasteiger partial charge in [0.25, 0.3) is 11.1 Å². The van der Waals surface area contributed by atoms with Gasteiger partial charge in [-0.15, -0.1) is 0 Å². The standard InChI is InChI=1S/C22H23NO4S/c1-3-15(2)17-9-5-7-11-19(17)27-13-12-26-18-10-6-4-8-16(18)14-20-21(24)23-22(25)28-20/h4-11,14-15H,3,12-13H2,1-2H3,(H,23,24,25). The monoisotopic (exact) mass is 397 g/mol. The Morgan fingerprint density at radius 2 is 1.64 bits per heavy atom. The van der Waals surface area contributed by atoms with Gasteiger partial charge in [0.15, 0.2) is 0 Å². The lowest BCUT2D eigenvalue weighted by molar-refractivity contribution is -0.115. The third-order valence-corrected chi connectivity index (χ3v) is 5.32. The van der Waals surface area contributed by atoms with E-state index in [0.29, 0.717) is 29.8 Å². The van der Waals surface area contributed by atoms with E-state index in [1.54, 1.807) is 6.08 Å². The maximum absolute atomic E-state index is 11.7. The highest BCUT2D eigenvalue weighted by Crippen LogP contribution is 2.30. The van der Waals surface area contributed by atoms with E-state index >= 15 is 0 Å². The molecule has 1 aliphatic heterocycles. The molecule has 1 unspecified atom stereocenters. The molecule has 0 spiro atoms. The van der Waals surface area contributed by atoms with Crippen molar-refractivity contribution in [2.75, 3.05) is 13.2 Å². The lowest BCUT2D eigenvalue weighted by Gasteiger charge is -2.16. The van der Waals surface area contributed by atoms with Crippen LogP contribution in [0.15, 0.2) is 53.4 Å². The molecule has 1 aliphatic rings. The number of hydrogen-bond donors (Lipinski definition) is 1. The number of benzene rings is 2. The normalized spacial score (nSPS) is 16.1. The van der Waals surface area contributed by atoms with Crippen molar-refractivity contribution < 1.29 is 19.1 Å². The Kier molecular flexibility index (Phi) is 6.76. The van der Waals surface area contributed by atoms with E-state index in [0.717, 1.165) is 29.5 Å². The quantitative estimate of drug-likeness (QED) is 0.503.